The molecule has 2 amide bonds. The first kappa shape index (κ1) is 26.9. The lowest BCUT2D eigenvalue weighted by Crippen LogP contribution is -2.51. The molecule has 1 aliphatic rings. The molecule has 1 unspecified atom stereocenters. The van der Waals surface area contributed by atoms with Crippen molar-refractivity contribution in [3.8, 4) is 0 Å². The van der Waals surface area contributed by atoms with E-state index >= 15 is 0 Å². The number of benzene rings is 3. The third kappa shape index (κ3) is 7.23. The number of para-hydroxylation sites is 1. The largest absolute Gasteiger partial charge is 0.348 e. The number of nitrogens with zero attached hydrogens (tertiary/aromatic N) is 3. The van der Waals surface area contributed by atoms with Crippen LogP contribution < -0.4 is 10.6 Å². The second-order valence-electron chi connectivity index (χ2n) is 9.43. The van der Waals surface area contributed by atoms with Crippen LogP contribution in [0.25, 0.3) is 0 Å². The van der Waals surface area contributed by atoms with E-state index in [2.05, 4.69) is 32.7 Å². The fraction of sp³-hybridized carbons (Fsp3) is 0.233. The topological polar surface area (TPSA) is 77.6 Å². The highest BCUT2D eigenvalue weighted by Gasteiger charge is 2.26. The van der Waals surface area contributed by atoms with Crippen LogP contribution in [0.2, 0.25) is 5.02 Å². The van der Waals surface area contributed by atoms with E-state index < -0.39 is 0 Å². The Labute approximate surface area is 237 Å². The Morgan fingerprint density at radius 2 is 1.56 bits per heavy atom. The summed E-state index contributed by atoms with van der Waals surface area (Å²) in [6, 6.07) is 27.6. The van der Waals surface area contributed by atoms with Gasteiger partial charge in [0.1, 0.15) is 5.69 Å². The molecule has 0 saturated carbocycles. The Balaban J connectivity index is 1.13. The Bertz CT molecular complexity index is 1390. The molecule has 4 aromatic rings. The van der Waals surface area contributed by atoms with Crippen molar-refractivity contribution < 1.29 is 9.59 Å². The van der Waals surface area contributed by atoms with E-state index in [4.69, 9.17) is 11.6 Å². The molecule has 1 aliphatic heterocycles. The first-order valence-corrected chi connectivity index (χ1v) is 14.2. The zero-order valence-electron chi connectivity index (χ0n) is 21.4. The number of piperazine rings is 1. The molecule has 1 saturated heterocycles. The molecule has 0 radical (unpaired) electrons. The quantitative estimate of drug-likeness (QED) is 0.287. The maximum atomic E-state index is 13.1. The molecule has 2 heterocycles. The van der Waals surface area contributed by atoms with Crippen LogP contribution >= 0.6 is 22.9 Å². The second-order valence-corrected chi connectivity index (χ2v) is 10.7. The number of hydrogen-bond acceptors (Lipinski definition) is 6. The van der Waals surface area contributed by atoms with Crippen molar-refractivity contribution in [2.45, 2.75) is 12.5 Å². The van der Waals surface area contributed by atoms with Crippen molar-refractivity contribution in [3.05, 3.63) is 112 Å². The minimum absolute atomic E-state index is 0.0191. The van der Waals surface area contributed by atoms with Crippen molar-refractivity contribution in [3.63, 3.8) is 0 Å². The molecule has 7 nitrogen and oxygen atoms in total. The third-order valence-electron chi connectivity index (χ3n) is 6.69. The van der Waals surface area contributed by atoms with E-state index in [-0.39, 0.29) is 17.9 Å². The molecule has 1 fully saturated rings. The number of anilines is 2. The minimum atomic E-state index is -0.109. The highest BCUT2D eigenvalue weighted by Crippen LogP contribution is 2.27. The first-order chi connectivity index (χ1) is 19.0. The molecular weight excluding hydrogens is 530 g/mol. The maximum Gasteiger partial charge on any atom is 0.273 e. The molecule has 2 N–H and O–H groups in total. The molecule has 0 bridgehead atoms. The number of halogens is 1. The van der Waals surface area contributed by atoms with Gasteiger partial charge in [0.15, 0.2) is 5.13 Å². The second kappa shape index (κ2) is 12.9. The SMILES string of the molecule is O=C(CN1CCN(C(=O)c2csc(Nc3ccccc3Cl)n2)CC1)NC(Cc1ccccc1)c1ccccc1. The van der Waals surface area contributed by atoms with Crippen molar-refractivity contribution in [2.75, 3.05) is 38.0 Å². The van der Waals surface area contributed by atoms with Crippen LogP contribution in [0.15, 0.2) is 90.3 Å². The van der Waals surface area contributed by atoms with E-state index in [0.717, 1.165) is 17.7 Å². The van der Waals surface area contributed by atoms with Crippen LogP contribution in [0.5, 0.6) is 0 Å². The molecule has 200 valence electrons. The van der Waals surface area contributed by atoms with Gasteiger partial charge in [-0.15, -0.1) is 11.3 Å². The summed E-state index contributed by atoms with van der Waals surface area (Å²) in [4.78, 5) is 34.4. The number of thiazole rings is 1. The Morgan fingerprint density at radius 3 is 2.28 bits per heavy atom. The van der Waals surface area contributed by atoms with Gasteiger partial charge in [0, 0.05) is 31.6 Å². The number of rotatable bonds is 9. The number of carbonyl (C=O) groups excluding carboxylic acids is 2. The monoisotopic (exact) mass is 559 g/mol. The number of nitrogens with one attached hydrogen (secondary N) is 2. The summed E-state index contributed by atoms with van der Waals surface area (Å²) in [6.45, 7) is 2.64. The van der Waals surface area contributed by atoms with Gasteiger partial charge in [-0.2, -0.15) is 0 Å². The van der Waals surface area contributed by atoms with E-state index in [1.807, 2.05) is 66.7 Å². The Hall–Kier alpha value is -3.72. The lowest BCUT2D eigenvalue weighted by molar-refractivity contribution is -0.123. The molecule has 0 spiro atoms. The fourth-order valence-electron chi connectivity index (χ4n) is 4.61. The summed E-state index contributed by atoms with van der Waals surface area (Å²) in [6.07, 6.45) is 0.722. The first-order valence-electron chi connectivity index (χ1n) is 12.9. The molecule has 0 aliphatic carbocycles. The number of amides is 2. The van der Waals surface area contributed by atoms with Gasteiger partial charge in [-0.05, 0) is 29.7 Å². The Kier molecular flexibility index (Phi) is 8.88. The maximum absolute atomic E-state index is 13.1. The standard InChI is InChI=1S/C30H30ClN5O2S/c31-24-13-7-8-14-25(24)33-30-34-27(21-39-30)29(38)36-17-15-35(16-18-36)20-28(37)32-26(23-11-5-2-6-12-23)19-22-9-3-1-4-10-22/h1-14,21,26H,15-20H2,(H,32,37)(H,33,34). The number of carbonyl (C=O) groups is 2. The van der Waals surface area contributed by atoms with Gasteiger partial charge in [-0.25, -0.2) is 4.98 Å². The summed E-state index contributed by atoms with van der Waals surface area (Å²) >= 11 is 7.58. The van der Waals surface area contributed by atoms with Gasteiger partial charge < -0.3 is 15.5 Å². The van der Waals surface area contributed by atoms with Crippen LogP contribution in [0, 0.1) is 0 Å². The molecule has 3 aromatic carbocycles. The molecule has 1 atom stereocenters. The van der Waals surface area contributed by atoms with Gasteiger partial charge >= 0.3 is 0 Å². The highest BCUT2D eigenvalue weighted by molar-refractivity contribution is 7.14. The molecule has 39 heavy (non-hydrogen) atoms. The third-order valence-corrected chi connectivity index (χ3v) is 7.77. The molecule has 1 aromatic heterocycles. The summed E-state index contributed by atoms with van der Waals surface area (Å²) < 4.78 is 0. The normalized spacial score (nSPS) is 14.5. The van der Waals surface area contributed by atoms with Gasteiger partial charge in [-0.1, -0.05) is 84.4 Å². The predicted octanol–water partition coefficient (Wildman–Crippen LogP) is 5.40. The average molecular weight is 560 g/mol. The number of aromatic nitrogens is 1. The number of hydrogen-bond donors (Lipinski definition) is 2. The smallest absolute Gasteiger partial charge is 0.273 e. The van der Waals surface area contributed by atoms with E-state index in [0.29, 0.717) is 48.6 Å². The summed E-state index contributed by atoms with van der Waals surface area (Å²) in [7, 11) is 0. The van der Waals surface area contributed by atoms with Gasteiger partial charge in [-0.3, -0.25) is 14.5 Å². The van der Waals surface area contributed by atoms with E-state index in [1.165, 1.54) is 16.9 Å². The van der Waals surface area contributed by atoms with Crippen molar-refractivity contribution in [1.82, 2.24) is 20.1 Å². The van der Waals surface area contributed by atoms with Gasteiger partial charge in [0.2, 0.25) is 5.91 Å². The average Bonchev–Trinajstić information content (AvgIpc) is 3.43. The summed E-state index contributed by atoms with van der Waals surface area (Å²) in [5, 5.41) is 9.37. The zero-order valence-corrected chi connectivity index (χ0v) is 23.0. The highest BCUT2D eigenvalue weighted by atomic mass is 35.5. The molecule has 9 heteroatoms. The van der Waals surface area contributed by atoms with Gasteiger partial charge in [0.25, 0.3) is 5.91 Å². The molecule has 5 rings (SSSR count). The van der Waals surface area contributed by atoms with E-state index in [9.17, 15) is 9.59 Å². The minimum Gasteiger partial charge on any atom is -0.348 e. The fourth-order valence-corrected chi connectivity index (χ4v) is 5.49. The van der Waals surface area contributed by atoms with Crippen LogP contribution in [0.4, 0.5) is 10.8 Å². The van der Waals surface area contributed by atoms with Crippen LogP contribution in [-0.4, -0.2) is 59.3 Å². The zero-order chi connectivity index (χ0) is 27.0. The summed E-state index contributed by atoms with van der Waals surface area (Å²) in [5.41, 5.74) is 3.41. The van der Waals surface area contributed by atoms with Crippen molar-refractivity contribution >= 4 is 45.6 Å². The van der Waals surface area contributed by atoms with E-state index in [1.54, 1.807) is 16.3 Å². The van der Waals surface area contributed by atoms with Crippen molar-refractivity contribution in [1.29, 1.82) is 0 Å². The lowest BCUT2D eigenvalue weighted by atomic mass is 9.99. The van der Waals surface area contributed by atoms with Crippen LogP contribution in [-0.2, 0) is 11.2 Å². The molecular formula is C30H30ClN5O2S. The predicted molar refractivity (Wildman–Crippen MR) is 157 cm³/mol. The Morgan fingerprint density at radius 1 is 0.897 bits per heavy atom. The summed E-state index contributed by atoms with van der Waals surface area (Å²) in [5.74, 6) is -0.121. The lowest BCUT2D eigenvalue weighted by Gasteiger charge is -2.34. The van der Waals surface area contributed by atoms with Crippen LogP contribution in [0.3, 0.4) is 0 Å². The van der Waals surface area contributed by atoms with Crippen LogP contribution in [0.1, 0.15) is 27.7 Å². The van der Waals surface area contributed by atoms with Gasteiger partial charge in [0.05, 0.1) is 23.3 Å². The van der Waals surface area contributed by atoms with Crippen molar-refractivity contribution in [2.24, 2.45) is 0 Å².